The van der Waals surface area contributed by atoms with E-state index < -0.39 is 0 Å². The van der Waals surface area contributed by atoms with E-state index in [0.717, 1.165) is 15.3 Å². The first-order valence-corrected chi connectivity index (χ1v) is 11.5. The lowest BCUT2D eigenvalue weighted by Gasteiger charge is -2.10. The Labute approximate surface area is 177 Å². The molecule has 0 aliphatic heterocycles. The average molecular weight is 449 g/mol. The van der Waals surface area contributed by atoms with Crippen LogP contribution in [-0.2, 0) is 10.5 Å². The third-order valence-electron chi connectivity index (χ3n) is 4.51. The van der Waals surface area contributed by atoms with Gasteiger partial charge >= 0.3 is 0 Å². The number of nitrogens with one attached hydrogen (secondary N) is 2. The zero-order chi connectivity index (χ0) is 20.7. The molecule has 4 rings (SSSR count). The van der Waals surface area contributed by atoms with Gasteiger partial charge in [-0.05, 0) is 44.5 Å². The largest absolute Gasteiger partial charge is 0.309 e. The summed E-state index contributed by atoms with van der Waals surface area (Å²) in [5.74, 6) is 0.406. The van der Waals surface area contributed by atoms with Crippen molar-refractivity contribution in [1.82, 2.24) is 15.0 Å². The SMILES string of the molecule is Cc1sc2nc(CS[C@@H](C)C(=O)Nc3nc4ccc(F)cc4s3)[nH]c(=O)c2c1C. The highest BCUT2D eigenvalue weighted by Crippen LogP contribution is 2.28. The Morgan fingerprint density at radius 1 is 1.31 bits per heavy atom. The smallest absolute Gasteiger partial charge is 0.259 e. The van der Waals surface area contributed by atoms with Crippen molar-refractivity contribution < 1.29 is 9.18 Å². The highest BCUT2D eigenvalue weighted by Gasteiger charge is 2.18. The van der Waals surface area contributed by atoms with Crippen LogP contribution >= 0.6 is 34.4 Å². The Kier molecular flexibility index (Phi) is 5.41. The summed E-state index contributed by atoms with van der Waals surface area (Å²) in [6, 6.07) is 4.32. The third-order valence-corrected chi connectivity index (χ3v) is 7.70. The van der Waals surface area contributed by atoms with E-state index >= 15 is 0 Å². The predicted molar refractivity (Wildman–Crippen MR) is 119 cm³/mol. The van der Waals surface area contributed by atoms with Gasteiger partial charge in [-0.1, -0.05) is 11.3 Å². The number of amides is 1. The summed E-state index contributed by atoms with van der Waals surface area (Å²) in [6.45, 7) is 5.67. The zero-order valence-electron chi connectivity index (χ0n) is 15.8. The molecule has 2 N–H and O–H groups in total. The maximum Gasteiger partial charge on any atom is 0.259 e. The molecule has 0 saturated heterocycles. The molecule has 0 spiro atoms. The number of rotatable bonds is 5. The Hall–Kier alpha value is -2.30. The molecular weight excluding hydrogens is 431 g/mol. The third kappa shape index (κ3) is 4.05. The van der Waals surface area contributed by atoms with Gasteiger partial charge in [-0.25, -0.2) is 14.4 Å². The van der Waals surface area contributed by atoms with Crippen molar-refractivity contribution in [3.63, 3.8) is 0 Å². The number of H-pyrrole nitrogens is 1. The molecule has 1 atom stereocenters. The van der Waals surface area contributed by atoms with Gasteiger partial charge < -0.3 is 10.3 Å². The van der Waals surface area contributed by atoms with Crippen LogP contribution in [0, 0.1) is 19.7 Å². The van der Waals surface area contributed by atoms with Crippen LogP contribution in [-0.4, -0.2) is 26.1 Å². The summed E-state index contributed by atoms with van der Waals surface area (Å²) in [7, 11) is 0. The van der Waals surface area contributed by atoms with Crippen molar-refractivity contribution in [2.45, 2.75) is 31.8 Å². The number of aryl methyl sites for hydroxylation is 2. The number of aromatic amines is 1. The van der Waals surface area contributed by atoms with E-state index in [-0.39, 0.29) is 22.5 Å². The zero-order valence-corrected chi connectivity index (χ0v) is 18.3. The molecular formula is C19H17FN4O2S3. The summed E-state index contributed by atoms with van der Waals surface area (Å²) < 4.78 is 14.0. The van der Waals surface area contributed by atoms with Crippen LogP contribution in [0.15, 0.2) is 23.0 Å². The van der Waals surface area contributed by atoms with Crippen LogP contribution in [0.25, 0.3) is 20.4 Å². The second kappa shape index (κ2) is 7.85. The molecule has 0 aliphatic carbocycles. The van der Waals surface area contributed by atoms with Gasteiger partial charge in [-0.2, -0.15) is 0 Å². The maximum atomic E-state index is 13.3. The fourth-order valence-electron chi connectivity index (χ4n) is 2.81. The highest BCUT2D eigenvalue weighted by molar-refractivity contribution is 7.99. The van der Waals surface area contributed by atoms with Gasteiger partial charge in [-0.15, -0.1) is 23.1 Å². The Bertz CT molecular complexity index is 1290. The normalized spacial score (nSPS) is 12.6. The van der Waals surface area contributed by atoms with Crippen LogP contribution in [0.5, 0.6) is 0 Å². The van der Waals surface area contributed by atoms with E-state index in [1.54, 1.807) is 13.0 Å². The fraction of sp³-hybridized carbons (Fsp3) is 0.263. The second-order valence-electron chi connectivity index (χ2n) is 6.55. The second-order valence-corrected chi connectivity index (χ2v) is 10.1. The van der Waals surface area contributed by atoms with E-state index in [9.17, 15) is 14.0 Å². The van der Waals surface area contributed by atoms with Crippen molar-refractivity contribution in [1.29, 1.82) is 0 Å². The summed E-state index contributed by atoms with van der Waals surface area (Å²) >= 11 is 4.10. The minimum Gasteiger partial charge on any atom is -0.309 e. The van der Waals surface area contributed by atoms with E-state index in [4.69, 9.17) is 0 Å². The van der Waals surface area contributed by atoms with Gasteiger partial charge in [0.15, 0.2) is 5.13 Å². The molecule has 0 bridgehead atoms. The minimum atomic E-state index is -0.383. The van der Waals surface area contributed by atoms with Crippen molar-refractivity contribution in [2.24, 2.45) is 0 Å². The highest BCUT2D eigenvalue weighted by atomic mass is 32.2. The minimum absolute atomic E-state index is 0.147. The molecule has 0 aliphatic rings. The molecule has 1 amide bonds. The number of benzene rings is 1. The van der Waals surface area contributed by atoms with Gasteiger partial charge in [-0.3, -0.25) is 9.59 Å². The van der Waals surface area contributed by atoms with E-state index in [1.165, 1.54) is 46.6 Å². The first-order chi connectivity index (χ1) is 13.8. The van der Waals surface area contributed by atoms with Crippen LogP contribution in [0.4, 0.5) is 9.52 Å². The number of anilines is 1. The number of hydrogen-bond donors (Lipinski definition) is 2. The quantitative estimate of drug-likeness (QED) is 0.465. The molecule has 10 heteroatoms. The summed E-state index contributed by atoms with van der Waals surface area (Å²) in [5.41, 5.74) is 1.45. The molecule has 0 saturated carbocycles. The van der Waals surface area contributed by atoms with Crippen molar-refractivity contribution in [3.8, 4) is 0 Å². The lowest BCUT2D eigenvalue weighted by atomic mass is 10.2. The van der Waals surface area contributed by atoms with Gasteiger partial charge in [0.1, 0.15) is 16.5 Å². The molecule has 29 heavy (non-hydrogen) atoms. The number of carbonyl (C=O) groups excluding carboxylic acids is 1. The first kappa shape index (κ1) is 20.0. The molecule has 0 unspecified atom stereocenters. The summed E-state index contributed by atoms with van der Waals surface area (Å²) in [4.78, 5) is 38.3. The topological polar surface area (TPSA) is 87.7 Å². The molecule has 3 aromatic heterocycles. The number of thioether (sulfide) groups is 1. The Morgan fingerprint density at radius 3 is 2.90 bits per heavy atom. The molecule has 0 fully saturated rings. The Balaban J connectivity index is 1.43. The summed E-state index contributed by atoms with van der Waals surface area (Å²) in [5, 5.41) is 3.46. The lowest BCUT2D eigenvalue weighted by Crippen LogP contribution is -2.22. The van der Waals surface area contributed by atoms with Crippen LogP contribution < -0.4 is 10.9 Å². The van der Waals surface area contributed by atoms with Gasteiger partial charge in [0.2, 0.25) is 5.91 Å². The number of hydrogen-bond acceptors (Lipinski definition) is 7. The maximum absolute atomic E-state index is 13.3. The van der Waals surface area contributed by atoms with Crippen molar-refractivity contribution >= 4 is 65.9 Å². The predicted octanol–water partition coefficient (Wildman–Crippen LogP) is 4.61. The number of thiophene rings is 1. The molecule has 6 nitrogen and oxygen atoms in total. The Morgan fingerprint density at radius 2 is 2.10 bits per heavy atom. The number of nitrogens with zero attached hydrogens (tertiary/aromatic N) is 2. The van der Waals surface area contributed by atoms with Gasteiger partial charge in [0.05, 0.1) is 26.6 Å². The van der Waals surface area contributed by atoms with E-state index in [0.29, 0.717) is 32.3 Å². The number of halogens is 1. The lowest BCUT2D eigenvalue weighted by molar-refractivity contribution is -0.115. The van der Waals surface area contributed by atoms with Crippen LogP contribution in [0.1, 0.15) is 23.2 Å². The number of aromatic nitrogens is 3. The number of carbonyl (C=O) groups is 1. The van der Waals surface area contributed by atoms with Crippen LogP contribution in [0.3, 0.4) is 0 Å². The van der Waals surface area contributed by atoms with E-state index in [1.807, 2.05) is 13.8 Å². The molecule has 4 aromatic rings. The number of fused-ring (bicyclic) bond motifs is 2. The van der Waals surface area contributed by atoms with Crippen LogP contribution in [0.2, 0.25) is 0 Å². The fourth-order valence-corrected chi connectivity index (χ4v) is 5.50. The van der Waals surface area contributed by atoms with Gasteiger partial charge in [0.25, 0.3) is 5.56 Å². The average Bonchev–Trinajstić information content (AvgIpc) is 3.19. The summed E-state index contributed by atoms with van der Waals surface area (Å²) in [6.07, 6.45) is 0. The van der Waals surface area contributed by atoms with Crippen molar-refractivity contribution in [2.75, 3.05) is 5.32 Å². The molecule has 3 heterocycles. The molecule has 0 radical (unpaired) electrons. The molecule has 1 aromatic carbocycles. The molecule has 150 valence electrons. The monoisotopic (exact) mass is 448 g/mol. The first-order valence-electron chi connectivity index (χ1n) is 8.79. The van der Waals surface area contributed by atoms with E-state index in [2.05, 4.69) is 20.3 Å². The van der Waals surface area contributed by atoms with Crippen molar-refractivity contribution in [3.05, 3.63) is 50.6 Å². The standard InChI is InChI=1S/C19H17FN4O2S3/c1-8-9(2)28-18-15(8)17(26)22-14(23-18)7-27-10(3)16(25)24-19-21-12-5-4-11(20)6-13(12)29-19/h4-6,10H,7H2,1-3H3,(H,21,24,25)(H,22,23,26)/t10-/m0/s1. The van der Waals surface area contributed by atoms with Gasteiger partial charge in [0, 0.05) is 4.88 Å². The number of thiazole rings is 1.